The quantitative estimate of drug-likeness (QED) is 0.710. The highest BCUT2D eigenvalue weighted by atomic mass is 35.5. The zero-order chi connectivity index (χ0) is 13.1. The Morgan fingerprint density at radius 1 is 1.18 bits per heavy atom. The van der Waals surface area contributed by atoms with Gasteiger partial charge in [0.25, 0.3) is 0 Å². The normalized spacial score (nSPS) is 12.4. The molecule has 0 aliphatic carbocycles. The van der Waals surface area contributed by atoms with E-state index in [-0.39, 0.29) is 0 Å². The van der Waals surface area contributed by atoms with Crippen molar-refractivity contribution in [3.63, 3.8) is 0 Å². The van der Waals surface area contributed by atoms with Crippen LogP contribution in [0, 0.1) is 0 Å². The molecule has 0 spiro atoms. The van der Waals surface area contributed by atoms with Crippen LogP contribution in [0.15, 0.2) is 28.7 Å². The maximum atomic E-state index is 5.76. The minimum atomic E-state index is 0.642. The lowest BCUT2D eigenvalue weighted by Crippen LogP contribution is -2.02. The minimum Gasteiger partial charge on any atom is -0.467 e. The molecule has 0 saturated carbocycles. The van der Waals surface area contributed by atoms with Crippen LogP contribution in [0.4, 0.5) is 0 Å². The summed E-state index contributed by atoms with van der Waals surface area (Å²) >= 11 is 7.21. The molecule has 17 heavy (non-hydrogen) atoms. The summed E-state index contributed by atoms with van der Waals surface area (Å²) in [7, 11) is 0. The fraction of sp³-hybridized carbons (Fsp3) is 0.462. The standard InChI is InChI=1S/C9H8ClNOS.2C2H6/c10-8-3-1-7(2-4-8)5-9-11-13-6-12-9;2*1-2/h1-4H,5-6H2;2*1-2H3. The number of nitrogens with zero attached hydrogens (tertiary/aromatic N) is 1. The summed E-state index contributed by atoms with van der Waals surface area (Å²) in [5.41, 5.74) is 1.17. The summed E-state index contributed by atoms with van der Waals surface area (Å²) in [6.07, 6.45) is 0.754. The average Bonchev–Trinajstić information content (AvgIpc) is 2.90. The van der Waals surface area contributed by atoms with Gasteiger partial charge in [0.1, 0.15) is 0 Å². The molecule has 0 saturated heterocycles. The second kappa shape index (κ2) is 10.5. The van der Waals surface area contributed by atoms with Crippen molar-refractivity contribution in [2.24, 2.45) is 4.40 Å². The van der Waals surface area contributed by atoms with E-state index in [1.807, 2.05) is 52.0 Å². The predicted octanol–water partition coefficient (Wildman–Crippen LogP) is 4.97. The van der Waals surface area contributed by atoms with Crippen LogP contribution >= 0.6 is 23.5 Å². The molecule has 1 aliphatic rings. The molecule has 0 amide bonds. The molecule has 0 aromatic heterocycles. The van der Waals surface area contributed by atoms with E-state index in [9.17, 15) is 0 Å². The maximum Gasteiger partial charge on any atom is 0.200 e. The third-order valence-electron chi connectivity index (χ3n) is 1.71. The summed E-state index contributed by atoms with van der Waals surface area (Å²) in [6, 6.07) is 7.72. The molecular weight excluding hydrogens is 254 g/mol. The van der Waals surface area contributed by atoms with E-state index in [1.165, 1.54) is 17.5 Å². The summed E-state index contributed by atoms with van der Waals surface area (Å²) < 4.78 is 9.40. The molecule has 1 heterocycles. The Bertz CT molecular complexity index is 325. The van der Waals surface area contributed by atoms with Crippen LogP contribution in [0.2, 0.25) is 5.02 Å². The van der Waals surface area contributed by atoms with Crippen molar-refractivity contribution in [1.29, 1.82) is 0 Å². The van der Waals surface area contributed by atoms with Crippen LogP contribution in [0.3, 0.4) is 0 Å². The van der Waals surface area contributed by atoms with Gasteiger partial charge >= 0.3 is 0 Å². The van der Waals surface area contributed by atoms with Crippen LogP contribution in [0.25, 0.3) is 0 Å². The van der Waals surface area contributed by atoms with Crippen molar-refractivity contribution in [3.8, 4) is 0 Å². The topological polar surface area (TPSA) is 21.6 Å². The van der Waals surface area contributed by atoms with Crippen LogP contribution in [0.1, 0.15) is 33.3 Å². The average molecular weight is 274 g/mol. The molecule has 1 aromatic rings. The maximum absolute atomic E-state index is 5.76. The Morgan fingerprint density at radius 3 is 2.24 bits per heavy atom. The largest absolute Gasteiger partial charge is 0.467 e. The lowest BCUT2D eigenvalue weighted by atomic mass is 10.1. The molecule has 96 valence electrons. The smallest absolute Gasteiger partial charge is 0.200 e. The minimum absolute atomic E-state index is 0.642. The van der Waals surface area contributed by atoms with E-state index in [4.69, 9.17) is 16.3 Å². The fourth-order valence-corrected chi connectivity index (χ4v) is 1.71. The molecule has 0 N–H and O–H groups in total. The third-order valence-corrected chi connectivity index (χ3v) is 2.52. The van der Waals surface area contributed by atoms with Crippen molar-refractivity contribution >= 4 is 29.4 Å². The SMILES string of the molecule is CC.CC.Clc1ccc(CC2=NSCO2)cc1. The van der Waals surface area contributed by atoms with E-state index in [2.05, 4.69) is 4.40 Å². The highest BCUT2D eigenvalue weighted by Crippen LogP contribution is 2.16. The fourth-order valence-electron chi connectivity index (χ4n) is 1.08. The summed E-state index contributed by atoms with van der Waals surface area (Å²) in [6.45, 7) is 8.00. The van der Waals surface area contributed by atoms with Crippen molar-refractivity contribution in [2.45, 2.75) is 34.1 Å². The number of ether oxygens (including phenoxy) is 1. The second-order valence-corrected chi connectivity index (χ2v) is 3.79. The summed E-state index contributed by atoms with van der Waals surface area (Å²) in [4.78, 5) is 0. The van der Waals surface area contributed by atoms with Crippen molar-refractivity contribution in [2.75, 3.05) is 5.94 Å². The van der Waals surface area contributed by atoms with E-state index in [0.29, 0.717) is 5.94 Å². The second-order valence-electron chi connectivity index (χ2n) is 2.68. The number of hydrogen-bond acceptors (Lipinski definition) is 3. The molecule has 0 bridgehead atoms. The van der Waals surface area contributed by atoms with Crippen LogP contribution in [-0.2, 0) is 11.2 Å². The van der Waals surface area contributed by atoms with Gasteiger partial charge in [-0.3, -0.25) is 0 Å². The zero-order valence-corrected chi connectivity index (χ0v) is 12.4. The molecule has 1 aliphatic heterocycles. The van der Waals surface area contributed by atoms with Crippen molar-refractivity contribution < 1.29 is 4.74 Å². The van der Waals surface area contributed by atoms with Gasteiger partial charge in [-0.05, 0) is 17.7 Å². The van der Waals surface area contributed by atoms with Gasteiger partial charge in [0.05, 0.1) is 0 Å². The molecule has 2 rings (SSSR count). The van der Waals surface area contributed by atoms with Gasteiger partial charge in [-0.25, -0.2) is 0 Å². The highest BCUT2D eigenvalue weighted by molar-refractivity contribution is 7.98. The van der Waals surface area contributed by atoms with E-state index >= 15 is 0 Å². The monoisotopic (exact) mass is 273 g/mol. The Hall–Kier alpha value is -0.670. The molecule has 0 atom stereocenters. The Morgan fingerprint density at radius 2 is 1.76 bits per heavy atom. The van der Waals surface area contributed by atoms with E-state index < -0.39 is 0 Å². The Balaban J connectivity index is 0.000000581. The van der Waals surface area contributed by atoms with Gasteiger partial charge in [0.15, 0.2) is 11.8 Å². The molecular formula is C13H20ClNOS. The number of benzene rings is 1. The first-order valence-electron chi connectivity index (χ1n) is 5.91. The van der Waals surface area contributed by atoms with Crippen LogP contribution < -0.4 is 0 Å². The van der Waals surface area contributed by atoms with E-state index in [0.717, 1.165) is 17.3 Å². The Kier molecular flexibility index (Phi) is 10.1. The molecule has 1 aromatic carbocycles. The van der Waals surface area contributed by atoms with Crippen molar-refractivity contribution in [1.82, 2.24) is 0 Å². The lowest BCUT2D eigenvalue weighted by Gasteiger charge is -2.00. The van der Waals surface area contributed by atoms with Gasteiger partial charge in [-0.1, -0.05) is 51.4 Å². The lowest BCUT2D eigenvalue weighted by molar-refractivity contribution is 0.383. The van der Waals surface area contributed by atoms with E-state index in [1.54, 1.807) is 0 Å². The zero-order valence-electron chi connectivity index (χ0n) is 10.9. The van der Waals surface area contributed by atoms with Crippen molar-refractivity contribution in [3.05, 3.63) is 34.9 Å². The molecule has 0 fully saturated rings. The molecule has 4 heteroatoms. The first-order valence-corrected chi connectivity index (χ1v) is 7.23. The number of hydrogen-bond donors (Lipinski definition) is 0. The number of rotatable bonds is 2. The Labute approximate surface area is 114 Å². The molecule has 2 nitrogen and oxygen atoms in total. The van der Waals surface area contributed by atoms with Gasteiger partial charge in [-0.2, -0.15) is 4.40 Å². The first-order chi connectivity index (χ1) is 8.34. The van der Waals surface area contributed by atoms with Crippen LogP contribution in [0.5, 0.6) is 0 Å². The molecule has 0 unspecified atom stereocenters. The summed E-state index contributed by atoms with van der Waals surface area (Å²) in [5, 5.41) is 0.757. The first kappa shape index (κ1) is 16.3. The van der Waals surface area contributed by atoms with Gasteiger partial charge < -0.3 is 4.74 Å². The van der Waals surface area contributed by atoms with Gasteiger partial charge in [0, 0.05) is 23.4 Å². The van der Waals surface area contributed by atoms with Crippen LogP contribution in [-0.4, -0.2) is 11.8 Å². The number of halogens is 1. The third kappa shape index (κ3) is 6.59. The van der Waals surface area contributed by atoms with Gasteiger partial charge in [0.2, 0.25) is 0 Å². The summed E-state index contributed by atoms with van der Waals surface area (Å²) in [5.74, 6) is 1.44. The molecule has 0 radical (unpaired) electrons. The predicted molar refractivity (Wildman–Crippen MR) is 78.8 cm³/mol. The highest BCUT2D eigenvalue weighted by Gasteiger charge is 2.08. The van der Waals surface area contributed by atoms with Gasteiger partial charge in [-0.15, -0.1) is 0 Å².